The highest BCUT2D eigenvalue weighted by Gasteiger charge is 2.41. The SMILES string of the molecule is C.CCc1cc2nc3n(c2cc1S(C)(=O)=O)CCN(c1nccc(C)n1)[C@@H]3C(C)C.CCc1cc2nc3n(c2cc1S(C)(=O)=O)CCN(c1nccc(C)n1)[C@H]3C(C)C.Cc1ccnc(N2CCn3c(cc4ccc(S(C)(=O)=O)cc43)[C@@H]2C(C)C)n1.Cc1ccnc(N2CCn3c(cc4ccc(S(C)(=O)=O)cc43)[C@H]2C(C)C)n1.Cc1ccnc(N2CCn3c(nc4ccc(S(C)(=O)=O)cc43)C2C(C)C)n1. The Kier molecular flexibility index (Phi) is 29.2. The van der Waals surface area contributed by atoms with E-state index in [1.54, 1.807) is 85.6 Å². The molecule has 0 fully saturated rings. The van der Waals surface area contributed by atoms with Crippen LogP contribution in [0.1, 0.15) is 189 Å². The molecule has 1 unspecified atom stereocenters. The Balaban J connectivity index is 0.000000132. The second-order valence-electron chi connectivity index (χ2n) is 38.8. The molecule has 38 heteroatoms. The minimum Gasteiger partial charge on any atom is -0.341 e. The summed E-state index contributed by atoms with van der Waals surface area (Å²) in [6.07, 6.45) is 16.6. The Hall–Kier alpha value is -12.3. The van der Waals surface area contributed by atoms with Gasteiger partial charge in [-0.25, -0.2) is 107 Å². The summed E-state index contributed by atoms with van der Waals surface area (Å²) in [4.78, 5) is 73.4. The first-order chi connectivity index (χ1) is 65.7. The van der Waals surface area contributed by atoms with Crippen LogP contribution in [0.15, 0.2) is 177 Å². The predicted molar refractivity (Wildman–Crippen MR) is 553 cm³/mol. The van der Waals surface area contributed by atoms with Crippen LogP contribution in [-0.4, -0.2) is 194 Å². The summed E-state index contributed by atoms with van der Waals surface area (Å²) in [5, 5.41) is 2.13. The van der Waals surface area contributed by atoms with Gasteiger partial charge in [0.2, 0.25) is 29.7 Å². The monoisotopic (exact) mass is 2000 g/mol. The van der Waals surface area contributed by atoms with Crippen molar-refractivity contribution in [2.24, 2.45) is 29.6 Å². The van der Waals surface area contributed by atoms with Gasteiger partial charge in [0.05, 0.1) is 87.8 Å². The van der Waals surface area contributed by atoms with E-state index >= 15 is 0 Å². The van der Waals surface area contributed by atoms with Crippen LogP contribution in [0.3, 0.4) is 0 Å². The minimum absolute atomic E-state index is 0. The Morgan fingerprint density at radius 2 is 0.529 bits per heavy atom. The van der Waals surface area contributed by atoms with Gasteiger partial charge in [0.15, 0.2) is 49.2 Å². The number of hydrogen-bond acceptors (Lipinski definition) is 28. The summed E-state index contributed by atoms with van der Waals surface area (Å²) in [6.45, 7) is 43.0. The average Bonchev–Trinajstić information content (AvgIpc) is 1.61. The van der Waals surface area contributed by atoms with Crippen LogP contribution in [0.25, 0.3) is 54.9 Å². The van der Waals surface area contributed by atoms with Crippen molar-refractivity contribution in [2.45, 2.75) is 225 Å². The topological polar surface area (TPSA) is 379 Å². The standard InChI is InChI=1S/2C21H27N5O2S.2C20H24N4O2S.C19H23N5O2S.CH4/c2*1-6-15-11-16-17(12-18(15)29(5,27)28)25-9-10-26(19(13(2)3)20(25)24-16)21-22-8-7-14(4)23-21;2*1-13(2)19-18-11-15-5-6-16(27(4,25)26)12-17(15)23(18)9-10-24(19)20-21-8-7-14(3)22-20;1-12(2)17-18-22-15-6-5-14(27(4,25)26)11-16(15)23(18)9-10-24(17)19-20-8-7-13(3)21-19;/h2*7-8,11-13,19H,6,9-10H2,1-5H3;2*5-8,11-13,19H,9-10H2,1-4H3;5-8,11-12,17H,9-10H2,1-4H3;1H4/t4*19-;;/m1010../s1. The van der Waals surface area contributed by atoms with Crippen LogP contribution in [0.2, 0.25) is 0 Å². The molecule has 33 nitrogen and oxygen atoms in total. The summed E-state index contributed by atoms with van der Waals surface area (Å²) in [5.74, 6) is 8.04. The Bertz CT molecular complexity index is 7230. The molecule has 0 N–H and O–H groups in total. The number of aromatic nitrogens is 18. The molecule has 15 aromatic rings. The number of aryl methyl sites for hydroxylation is 7. The van der Waals surface area contributed by atoms with Crippen molar-refractivity contribution >= 4 is 134 Å². The van der Waals surface area contributed by atoms with Gasteiger partial charge in [-0.3, -0.25) is 0 Å². The molecule has 10 aromatic heterocycles. The maximum absolute atomic E-state index is 12.3. The third-order valence-electron chi connectivity index (χ3n) is 26.6. The largest absolute Gasteiger partial charge is 0.341 e. The smallest absolute Gasteiger partial charge is 0.226 e. The maximum atomic E-state index is 12.3. The lowest BCUT2D eigenvalue weighted by molar-refractivity contribution is 0.387. The predicted octanol–water partition coefficient (Wildman–Crippen LogP) is 16.7. The number of rotatable bonds is 17. The first-order valence-corrected chi connectivity index (χ1v) is 56.8. The van der Waals surface area contributed by atoms with Crippen molar-refractivity contribution in [2.75, 3.05) is 88.5 Å². The third-order valence-corrected chi connectivity index (χ3v) is 32.3. The first-order valence-electron chi connectivity index (χ1n) is 47.3. The van der Waals surface area contributed by atoms with Crippen LogP contribution >= 0.6 is 0 Å². The quantitative estimate of drug-likeness (QED) is 0.0817. The van der Waals surface area contributed by atoms with E-state index in [0.717, 1.165) is 170 Å². The Morgan fingerprint density at radius 1 is 0.279 bits per heavy atom. The molecule has 20 rings (SSSR count). The van der Waals surface area contributed by atoms with Gasteiger partial charge in [-0.05, 0) is 197 Å². The van der Waals surface area contributed by atoms with Gasteiger partial charge in [0.1, 0.15) is 17.5 Å². The fraction of sp³-hybridized carbons (Fsp3) is 0.441. The molecule has 15 heterocycles. The van der Waals surface area contributed by atoms with Gasteiger partial charge in [-0.2, -0.15) is 0 Å². The molecule has 0 bridgehead atoms. The fourth-order valence-corrected chi connectivity index (χ4v) is 24.1. The molecular formula is C102H129N23O10S5. The fourth-order valence-electron chi connectivity index (χ4n) is 20.2. The lowest BCUT2D eigenvalue weighted by Crippen LogP contribution is -2.41. The third kappa shape index (κ3) is 20.7. The van der Waals surface area contributed by atoms with Crippen LogP contribution < -0.4 is 24.5 Å². The lowest BCUT2D eigenvalue weighted by atomic mass is 9.97. The number of hydrogen-bond donors (Lipinski definition) is 0. The molecule has 140 heavy (non-hydrogen) atoms. The van der Waals surface area contributed by atoms with Crippen molar-refractivity contribution < 1.29 is 42.1 Å². The second kappa shape index (κ2) is 40.0. The van der Waals surface area contributed by atoms with Crippen molar-refractivity contribution in [1.29, 1.82) is 0 Å². The van der Waals surface area contributed by atoms with Crippen LogP contribution in [0, 0.1) is 64.2 Å². The van der Waals surface area contributed by atoms with E-state index in [1.807, 2.05) is 103 Å². The zero-order valence-electron chi connectivity index (χ0n) is 83.1. The van der Waals surface area contributed by atoms with E-state index in [-0.39, 0.29) is 49.5 Å². The highest BCUT2D eigenvalue weighted by atomic mass is 32.2. The number of benzene rings is 5. The van der Waals surface area contributed by atoms with Crippen LogP contribution in [0.4, 0.5) is 29.7 Å². The Labute approximate surface area is 822 Å². The van der Waals surface area contributed by atoms with Gasteiger partial charge >= 0.3 is 0 Å². The molecule has 5 aliphatic rings. The molecule has 5 aliphatic heterocycles. The molecule has 742 valence electrons. The van der Waals surface area contributed by atoms with E-state index < -0.39 is 49.2 Å². The van der Waals surface area contributed by atoms with Gasteiger partial charge in [0, 0.05) is 189 Å². The van der Waals surface area contributed by atoms with Crippen LogP contribution in [-0.2, 0) is 94.8 Å². The highest BCUT2D eigenvalue weighted by molar-refractivity contribution is 7.91. The molecule has 0 radical (unpaired) electrons. The van der Waals surface area contributed by atoms with Gasteiger partial charge < -0.3 is 47.3 Å². The summed E-state index contributed by atoms with van der Waals surface area (Å²) in [6, 6.07) is 37.6. The second-order valence-corrected chi connectivity index (χ2v) is 48.8. The normalized spacial score (nSPS) is 17.2. The molecular weight excluding hydrogens is 1870 g/mol. The van der Waals surface area contributed by atoms with E-state index in [4.69, 9.17) is 15.0 Å². The number of nitrogens with zero attached hydrogens (tertiary/aromatic N) is 23. The molecule has 0 spiro atoms. The molecule has 0 amide bonds. The average molecular weight is 2000 g/mol. The van der Waals surface area contributed by atoms with Crippen molar-refractivity contribution in [3.63, 3.8) is 0 Å². The molecule has 0 saturated carbocycles. The summed E-state index contributed by atoms with van der Waals surface area (Å²) < 4.78 is 132. The molecule has 5 aromatic carbocycles. The van der Waals surface area contributed by atoms with Crippen LogP contribution in [0.5, 0.6) is 0 Å². The van der Waals surface area contributed by atoms with Gasteiger partial charge in [0.25, 0.3) is 0 Å². The number of fused-ring (bicyclic) bond motifs is 15. The van der Waals surface area contributed by atoms with Gasteiger partial charge in [-0.1, -0.05) is 103 Å². The summed E-state index contributed by atoms with van der Waals surface area (Å²) >= 11 is 0. The zero-order chi connectivity index (χ0) is 99.9. The van der Waals surface area contributed by atoms with E-state index in [9.17, 15) is 42.1 Å². The van der Waals surface area contributed by atoms with Crippen molar-refractivity contribution in [3.8, 4) is 0 Å². The maximum Gasteiger partial charge on any atom is 0.226 e. The molecule has 5 atom stereocenters. The minimum atomic E-state index is -3.30. The summed E-state index contributed by atoms with van der Waals surface area (Å²) in [7, 11) is -16.3. The molecule has 0 aliphatic carbocycles. The zero-order valence-corrected chi connectivity index (χ0v) is 87.2. The number of imidazole rings is 3. The summed E-state index contributed by atoms with van der Waals surface area (Å²) in [5.41, 5.74) is 15.8. The highest BCUT2D eigenvalue weighted by Crippen LogP contribution is 2.45. The number of sulfone groups is 5. The Morgan fingerprint density at radius 3 is 0.786 bits per heavy atom. The van der Waals surface area contributed by atoms with E-state index in [2.05, 4.69) is 179 Å². The van der Waals surface area contributed by atoms with Gasteiger partial charge in [-0.15, -0.1) is 0 Å². The number of anilines is 5. The van der Waals surface area contributed by atoms with Crippen molar-refractivity contribution in [1.82, 2.24) is 87.6 Å². The molecule has 0 saturated heterocycles. The lowest BCUT2D eigenvalue weighted by Gasteiger charge is -2.39. The van der Waals surface area contributed by atoms with Crippen molar-refractivity contribution in [3.05, 3.63) is 221 Å². The van der Waals surface area contributed by atoms with E-state index in [1.165, 1.54) is 42.7 Å². The van der Waals surface area contributed by atoms with E-state index in [0.29, 0.717) is 92.6 Å². The first kappa shape index (κ1) is 102.